The van der Waals surface area contributed by atoms with E-state index in [0.717, 1.165) is 0 Å². The van der Waals surface area contributed by atoms with Gasteiger partial charge in [-0.3, -0.25) is 0 Å². The standard InChI is InChI=1S/C12H22NP/c1-2-3-4-5-6-7-8-9-12-10-11-13-14-12/h10-11,13H,2-9H2,1H3. The Hall–Kier alpha value is -0.290. The van der Waals surface area contributed by atoms with Crippen molar-refractivity contribution < 1.29 is 0 Å². The smallest absolute Gasteiger partial charge is 0.0139 e. The molecule has 1 nitrogen and oxygen atoms in total. The maximum atomic E-state index is 3.20. The normalized spacial score (nSPS) is 11.2. The SMILES string of the molecule is CCCCCCCCCc1cc[nH]p1. The molecular weight excluding hydrogens is 189 g/mol. The van der Waals surface area contributed by atoms with Crippen LogP contribution in [0.4, 0.5) is 0 Å². The highest BCUT2D eigenvalue weighted by molar-refractivity contribution is 7.26. The van der Waals surface area contributed by atoms with Crippen LogP contribution in [0.2, 0.25) is 0 Å². The molecule has 1 aromatic heterocycles. The van der Waals surface area contributed by atoms with Crippen LogP contribution in [0.3, 0.4) is 0 Å². The highest BCUT2D eigenvalue weighted by atomic mass is 31.0. The monoisotopic (exact) mass is 211 g/mol. The Bertz CT molecular complexity index is 206. The predicted octanol–water partition coefficient (Wildman–Crippen LogP) is 4.89. The van der Waals surface area contributed by atoms with Crippen molar-refractivity contribution in [3.8, 4) is 0 Å². The molecule has 0 aliphatic heterocycles. The van der Waals surface area contributed by atoms with E-state index in [1.807, 2.05) is 0 Å². The fraction of sp³-hybridized carbons (Fsp3) is 0.750. The van der Waals surface area contributed by atoms with E-state index in [0.29, 0.717) is 0 Å². The number of aryl methyl sites for hydroxylation is 1. The molecule has 0 unspecified atom stereocenters. The number of aromatic nitrogens is 1. The Labute approximate surface area is 89.5 Å². The van der Waals surface area contributed by atoms with Crippen molar-refractivity contribution in [2.45, 2.75) is 58.3 Å². The third-order valence-corrected chi connectivity index (χ3v) is 3.53. The summed E-state index contributed by atoms with van der Waals surface area (Å²) in [4.78, 5) is 0. The van der Waals surface area contributed by atoms with Gasteiger partial charge >= 0.3 is 0 Å². The second kappa shape index (κ2) is 8.05. The molecule has 0 amide bonds. The Balaban J connectivity index is 1.85. The van der Waals surface area contributed by atoms with Gasteiger partial charge in [0, 0.05) is 14.5 Å². The van der Waals surface area contributed by atoms with E-state index in [2.05, 4.69) is 23.9 Å². The molecule has 2 heteroatoms. The molecule has 0 radical (unpaired) electrons. The molecule has 0 saturated heterocycles. The number of H-pyrrole nitrogens is 1. The summed E-state index contributed by atoms with van der Waals surface area (Å²) in [5.41, 5.74) is 0. The number of aromatic amines is 1. The molecule has 0 aromatic carbocycles. The average molecular weight is 211 g/mol. The first kappa shape index (κ1) is 11.8. The van der Waals surface area contributed by atoms with Crippen LogP contribution in [0.25, 0.3) is 0 Å². The minimum Gasteiger partial charge on any atom is -0.344 e. The van der Waals surface area contributed by atoms with Gasteiger partial charge in [-0.05, 0) is 24.2 Å². The second-order valence-electron chi connectivity index (χ2n) is 3.94. The first-order valence-corrected chi connectivity index (χ1v) is 6.81. The number of hydrogen-bond acceptors (Lipinski definition) is 0. The summed E-state index contributed by atoms with van der Waals surface area (Å²) in [5, 5.41) is 1.55. The lowest BCUT2D eigenvalue weighted by atomic mass is 10.1. The lowest BCUT2D eigenvalue weighted by Gasteiger charge is -1.99. The summed E-state index contributed by atoms with van der Waals surface area (Å²) in [6.07, 6.45) is 13.2. The minimum atomic E-state index is 1.29. The van der Waals surface area contributed by atoms with Crippen molar-refractivity contribution in [1.82, 2.24) is 4.75 Å². The van der Waals surface area contributed by atoms with E-state index in [1.54, 1.807) is 5.30 Å². The zero-order valence-corrected chi connectivity index (χ0v) is 10.2. The molecule has 1 rings (SSSR count). The van der Waals surface area contributed by atoms with E-state index in [9.17, 15) is 0 Å². The van der Waals surface area contributed by atoms with Gasteiger partial charge in [0.2, 0.25) is 0 Å². The molecule has 0 atom stereocenters. The summed E-state index contributed by atoms with van der Waals surface area (Å²) < 4.78 is 3.20. The first-order valence-electron chi connectivity index (χ1n) is 5.92. The highest BCUT2D eigenvalue weighted by Gasteiger charge is 1.94. The van der Waals surface area contributed by atoms with Crippen LogP contribution in [0.5, 0.6) is 0 Å². The van der Waals surface area contributed by atoms with Crippen molar-refractivity contribution in [3.63, 3.8) is 0 Å². The molecule has 0 aliphatic carbocycles. The van der Waals surface area contributed by atoms with Crippen LogP contribution < -0.4 is 0 Å². The lowest BCUT2D eigenvalue weighted by molar-refractivity contribution is 0.590. The number of unbranched alkanes of at least 4 members (excludes halogenated alkanes) is 6. The van der Waals surface area contributed by atoms with Crippen LogP contribution in [-0.4, -0.2) is 4.75 Å². The molecule has 1 aromatic rings. The first-order chi connectivity index (χ1) is 6.93. The quantitative estimate of drug-likeness (QED) is 0.589. The minimum absolute atomic E-state index is 1.29. The van der Waals surface area contributed by atoms with Crippen LogP contribution in [-0.2, 0) is 6.42 Å². The van der Waals surface area contributed by atoms with Gasteiger partial charge in [0.25, 0.3) is 0 Å². The zero-order valence-electron chi connectivity index (χ0n) is 9.26. The Morgan fingerprint density at radius 3 is 2.43 bits per heavy atom. The maximum Gasteiger partial charge on any atom is 0.0139 e. The third-order valence-electron chi connectivity index (χ3n) is 2.59. The lowest BCUT2D eigenvalue weighted by Crippen LogP contribution is -1.82. The second-order valence-corrected chi connectivity index (χ2v) is 4.99. The molecule has 80 valence electrons. The zero-order chi connectivity index (χ0) is 10.1. The van der Waals surface area contributed by atoms with Crippen molar-refractivity contribution in [1.29, 1.82) is 0 Å². The molecule has 0 saturated carbocycles. The Morgan fingerprint density at radius 2 is 1.79 bits per heavy atom. The summed E-state index contributed by atoms with van der Waals surface area (Å²) in [6.45, 7) is 2.27. The summed E-state index contributed by atoms with van der Waals surface area (Å²) in [7, 11) is 1.32. The van der Waals surface area contributed by atoms with Crippen LogP contribution >= 0.6 is 8.35 Å². The van der Waals surface area contributed by atoms with Crippen molar-refractivity contribution >= 4 is 8.35 Å². The molecule has 1 N–H and O–H groups in total. The van der Waals surface area contributed by atoms with Crippen molar-refractivity contribution in [3.05, 3.63) is 17.6 Å². The summed E-state index contributed by atoms with van der Waals surface area (Å²) >= 11 is 0. The molecule has 0 spiro atoms. The third kappa shape index (κ3) is 5.44. The average Bonchev–Trinajstić information content (AvgIpc) is 2.69. The topological polar surface area (TPSA) is 15.8 Å². The fourth-order valence-electron chi connectivity index (χ4n) is 1.69. The van der Waals surface area contributed by atoms with E-state index >= 15 is 0 Å². The molecule has 0 fully saturated rings. The maximum absolute atomic E-state index is 3.20. The molecular formula is C12H22NP. The number of rotatable bonds is 8. The van der Waals surface area contributed by atoms with Gasteiger partial charge in [-0.25, -0.2) is 0 Å². The van der Waals surface area contributed by atoms with E-state index < -0.39 is 0 Å². The molecule has 1 heterocycles. The summed E-state index contributed by atoms with van der Waals surface area (Å²) in [6, 6.07) is 2.22. The fourth-order valence-corrected chi connectivity index (χ4v) is 2.43. The molecule has 0 bridgehead atoms. The van der Waals surface area contributed by atoms with Gasteiger partial charge in [0.05, 0.1) is 0 Å². The predicted molar refractivity (Wildman–Crippen MR) is 65.0 cm³/mol. The van der Waals surface area contributed by atoms with Gasteiger partial charge in [0.1, 0.15) is 0 Å². The molecule has 14 heavy (non-hydrogen) atoms. The van der Waals surface area contributed by atoms with Gasteiger partial charge < -0.3 is 4.75 Å². The molecule has 0 aliphatic rings. The van der Waals surface area contributed by atoms with E-state index in [4.69, 9.17) is 0 Å². The van der Waals surface area contributed by atoms with Crippen LogP contribution in [0.1, 0.15) is 57.2 Å². The van der Waals surface area contributed by atoms with Gasteiger partial charge in [0.15, 0.2) is 0 Å². The Kier molecular flexibility index (Phi) is 6.78. The van der Waals surface area contributed by atoms with Crippen molar-refractivity contribution in [2.75, 3.05) is 0 Å². The van der Waals surface area contributed by atoms with E-state index in [1.165, 1.54) is 59.7 Å². The number of nitrogens with one attached hydrogen (secondary N) is 1. The van der Waals surface area contributed by atoms with Crippen LogP contribution in [0, 0.1) is 0 Å². The number of hydrogen-bond donors (Lipinski definition) is 1. The van der Waals surface area contributed by atoms with Gasteiger partial charge in [-0.15, -0.1) is 0 Å². The van der Waals surface area contributed by atoms with Gasteiger partial charge in [-0.2, -0.15) is 0 Å². The van der Waals surface area contributed by atoms with Gasteiger partial charge in [-0.1, -0.05) is 45.4 Å². The summed E-state index contributed by atoms with van der Waals surface area (Å²) in [5.74, 6) is 0. The van der Waals surface area contributed by atoms with E-state index in [-0.39, 0.29) is 0 Å². The van der Waals surface area contributed by atoms with Crippen LogP contribution in [0.15, 0.2) is 12.3 Å². The Morgan fingerprint density at radius 1 is 1.07 bits per heavy atom. The highest BCUT2D eigenvalue weighted by Crippen LogP contribution is 2.15. The largest absolute Gasteiger partial charge is 0.344 e. The van der Waals surface area contributed by atoms with Crippen molar-refractivity contribution in [2.24, 2.45) is 0 Å².